The van der Waals surface area contributed by atoms with Gasteiger partial charge in [0.05, 0.1) is 13.0 Å². The molecular formula is C20H24OSi. The first-order valence-electron chi connectivity index (χ1n) is 7.63. The largest absolute Gasteiger partial charge is 0.496 e. The third kappa shape index (κ3) is 4.25. The van der Waals surface area contributed by atoms with Gasteiger partial charge in [0.1, 0.15) is 13.8 Å². The monoisotopic (exact) mass is 308 g/mol. The standard InChI is InChI=1S/C20H24OSi/c1-16-11-12-20(21-2)19(15-16)18(13-14-22(3,4)5)17-9-7-6-8-10-17/h6-12,15,18H,1-5H3. The van der Waals surface area contributed by atoms with Gasteiger partial charge < -0.3 is 4.74 Å². The molecule has 114 valence electrons. The molecule has 2 aromatic rings. The van der Waals surface area contributed by atoms with E-state index in [1.807, 2.05) is 12.1 Å². The molecule has 0 N–H and O–H groups in total. The lowest BCUT2D eigenvalue weighted by molar-refractivity contribution is 0.409. The fourth-order valence-electron chi connectivity index (χ4n) is 2.35. The number of ether oxygens (including phenoxy) is 1. The maximum atomic E-state index is 5.58. The lowest BCUT2D eigenvalue weighted by Crippen LogP contribution is -2.17. The second-order valence-electron chi connectivity index (χ2n) is 6.61. The highest BCUT2D eigenvalue weighted by Gasteiger charge is 2.17. The van der Waals surface area contributed by atoms with Crippen molar-refractivity contribution in [1.29, 1.82) is 0 Å². The molecule has 22 heavy (non-hydrogen) atoms. The number of benzene rings is 2. The van der Waals surface area contributed by atoms with Crippen LogP contribution >= 0.6 is 0 Å². The Labute approximate surface area is 135 Å². The fourth-order valence-corrected chi connectivity index (χ4v) is 2.93. The fraction of sp³-hybridized carbons (Fsp3) is 0.300. The van der Waals surface area contributed by atoms with Crippen LogP contribution in [0.25, 0.3) is 0 Å². The van der Waals surface area contributed by atoms with Gasteiger partial charge in [0.25, 0.3) is 0 Å². The Morgan fingerprint density at radius 1 is 1.00 bits per heavy atom. The van der Waals surface area contributed by atoms with Gasteiger partial charge >= 0.3 is 0 Å². The normalized spacial score (nSPS) is 12.2. The number of rotatable bonds is 3. The van der Waals surface area contributed by atoms with Crippen LogP contribution in [0.15, 0.2) is 48.5 Å². The summed E-state index contributed by atoms with van der Waals surface area (Å²) in [6.07, 6.45) is 0. The minimum Gasteiger partial charge on any atom is -0.496 e. The Kier molecular flexibility index (Phi) is 5.10. The van der Waals surface area contributed by atoms with E-state index in [-0.39, 0.29) is 5.92 Å². The molecule has 2 rings (SSSR count). The van der Waals surface area contributed by atoms with E-state index in [1.54, 1.807) is 7.11 Å². The van der Waals surface area contributed by atoms with Crippen molar-refractivity contribution >= 4 is 8.07 Å². The summed E-state index contributed by atoms with van der Waals surface area (Å²) < 4.78 is 5.58. The van der Waals surface area contributed by atoms with Crippen LogP contribution in [0.5, 0.6) is 5.75 Å². The lowest BCUT2D eigenvalue weighted by atomic mass is 9.90. The molecule has 0 aliphatic rings. The average molecular weight is 308 g/mol. The van der Waals surface area contributed by atoms with E-state index in [0.29, 0.717) is 0 Å². The summed E-state index contributed by atoms with van der Waals surface area (Å²) in [6.45, 7) is 8.93. The van der Waals surface area contributed by atoms with Crippen molar-refractivity contribution in [1.82, 2.24) is 0 Å². The smallest absolute Gasteiger partial charge is 0.129 e. The van der Waals surface area contributed by atoms with Gasteiger partial charge in [-0.2, -0.15) is 0 Å². The van der Waals surface area contributed by atoms with Gasteiger partial charge in [0.2, 0.25) is 0 Å². The van der Waals surface area contributed by atoms with E-state index in [4.69, 9.17) is 4.74 Å². The van der Waals surface area contributed by atoms with Gasteiger partial charge in [0, 0.05) is 5.56 Å². The third-order valence-electron chi connectivity index (χ3n) is 3.42. The van der Waals surface area contributed by atoms with Gasteiger partial charge in [-0.05, 0) is 18.6 Å². The van der Waals surface area contributed by atoms with Crippen molar-refractivity contribution in [2.75, 3.05) is 7.11 Å². The van der Waals surface area contributed by atoms with Crippen molar-refractivity contribution < 1.29 is 4.74 Å². The van der Waals surface area contributed by atoms with Crippen LogP contribution < -0.4 is 4.74 Å². The van der Waals surface area contributed by atoms with Crippen molar-refractivity contribution in [3.63, 3.8) is 0 Å². The first-order chi connectivity index (χ1) is 10.4. The average Bonchev–Trinajstić information content (AvgIpc) is 2.48. The summed E-state index contributed by atoms with van der Waals surface area (Å²) >= 11 is 0. The Morgan fingerprint density at radius 3 is 2.27 bits per heavy atom. The molecule has 1 nitrogen and oxygen atoms in total. The van der Waals surface area contributed by atoms with Crippen molar-refractivity contribution in [2.24, 2.45) is 0 Å². The van der Waals surface area contributed by atoms with Gasteiger partial charge in [-0.25, -0.2) is 0 Å². The molecule has 0 aliphatic heterocycles. The summed E-state index contributed by atoms with van der Waals surface area (Å²) in [5, 5.41) is 0. The van der Waals surface area contributed by atoms with Gasteiger partial charge in [-0.15, -0.1) is 5.54 Å². The molecule has 0 aromatic heterocycles. The van der Waals surface area contributed by atoms with Crippen LogP contribution in [-0.4, -0.2) is 15.2 Å². The molecule has 0 spiro atoms. The first-order valence-corrected chi connectivity index (χ1v) is 11.1. The molecule has 0 saturated carbocycles. The van der Waals surface area contributed by atoms with E-state index in [1.165, 1.54) is 11.1 Å². The summed E-state index contributed by atoms with van der Waals surface area (Å²) in [5.74, 6) is 4.49. The van der Waals surface area contributed by atoms with E-state index in [9.17, 15) is 0 Å². The maximum Gasteiger partial charge on any atom is 0.129 e. The second kappa shape index (κ2) is 6.85. The molecule has 0 heterocycles. The predicted molar refractivity (Wildman–Crippen MR) is 97.1 cm³/mol. The zero-order chi connectivity index (χ0) is 16.2. The van der Waals surface area contributed by atoms with E-state index < -0.39 is 8.07 Å². The molecule has 1 atom stereocenters. The van der Waals surface area contributed by atoms with Crippen molar-refractivity contribution in [3.8, 4) is 17.2 Å². The van der Waals surface area contributed by atoms with Crippen LogP contribution in [0.4, 0.5) is 0 Å². The van der Waals surface area contributed by atoms with Crippen LogP contribution in [0.1, 0.15) is 22.6 Å². The summed E-state index contributed by atoms with van der Waals surface area (Å²) in [7, 11) is 0.295. The molecule has 0 saturated heterocycles. The summed E-state index contributed by atoms with van der Waals surface area (Å²) in [5.41, 5.74) is 7.12. The third-order valence-corrected chi connectivity index (χ3v) is 4.31. The molecule has 0 amide bonds. The van der Waals surface area contributed by atoms with Crippen LogP contribution in [0.3, 0.4) is 0 Å². The van der Waals surface area contributed by atoms with Crippen molar-refractivity contribution in [3.05, 3.63) is 65.2 Å². The van der Waals surface area contributed by atoms with E-state index >= 15 is 0 Å². The molecule has 2 aromatic carbocycles. The molecule has 0 aliphatic carbocycles. The first kappa shape index (κ1) is 16.4. The minimum absolute atomic E-state index is 0.0581. The second-order valence-corrected chi connectivity index (χ2v) is 11.4. The number of hydrogen-bond acceptors (Lipinski definition) is 1. The summed E-state index contributed by atoms with van der Waals surface area (Å²) in [6, 6.07) is 16.8. The molecule has 1 unspecified atom stereocenters. The lowest BCUT2D eigenvalue weighted by Gasteiger charge is -2.17. The van der Waals surface area contributed by atoms with Gasteiger partial charge in [-0.3, -0.25) is 0 Å². The molecule has 2 heteroatoms. The topological polar surface area (TPSA) is 9.23 Å². The van der Waals surface area contributed by atoms with Crippen LogP contribution in [0.2, 0.25) is 19.6 Å². The molecule has 0 fully saturated rings. The molecule has 0 radical (unpaired) electrons. The Morgan fingerprint density at radius 2 is 1.68 bits per heavy atom. The van der Waals surface area contributed by atoms with Crippen molar-refractivity contribution in [2.45, 2.75) is 32.5 Å². The van der Waals surface area contributed by atoms with E-state index in [0.717, 1.165) is 11.3 Å². The highest BCUT2D eigenvalue weighted by Crippen LogP contribution is 2.32. The Balaban J connectivity index is 2.58. The zero-order valence-electron chi connectivity index (χ0n) is 14.1. The molecular weight excluding hydrogens is 284 g/mol. The molecule has 0 bridgehead atoms. The summed E-state index contributed by atoms with van der Waals surface area (Å²) in [4.78, 5) is 0. The zero-order valence-corrected chi connectivity index (χ0v) is 15.1. The Bertz CT molecular complexity index is 687. The van der Waals surface area contributed by atoms with Gasteiger partial charge in [-0.1, -0.05) is 73.6 Å². The maximum absolute atomic E-state index is 5.58. The van der Waals surface area contributed by atoms with Gasteiger partial charge in [0.15, 0.2) is 0 Å². The van der Waals surface area contributed by atoms with Crippen LogP contribution in [0, 0.1) is 18.4 Å². The highest BCUT2D eigenvalue weighted by atomic mass is 28.3. The predicted octanol–water partition coefficient (Wildman–Crippen LogP) is 5.02. The Hall–Kier alpha value is -1.98. The number of aryl methyl sites for hydroxylation is 1. The van der Waals surface area contributed by atoms with Crippen LogP contribution in [-0.2, 0) is 0 Å². The minimum atomic E-state index is -1.43. The number of methoxy groups -OCH3 is 1. The number of hydrogen-bond donors (Lipinski definition) is 0. The van der Waals surface area contributed by atoms with E-state index in [2.05, 4.69) is 74.4 Å². The highest BCUT2D eigenvalue weighted by molar-refractivity contribution is 6.83. The SMILES string of the molecule is COc1ccc(C)cc1C(C#C[Si](C)(C)C)c1ccccc1. The quantitative estimate of drug-likeness (QED) is 0.571.